The number of hydrogen-bond acceptors (Lipinski definition) is 6. The van der Waals surface area contributed by atoms with Crippen LogP contribution in [0.1, 0.15) is 50.5 Å². The van der Waals surface area contributed by atoms with E-state index >= 15 is 0 Å². The zero-order valence-electron chi connectivity index (χ0n) is 23.7. The number of morpholine rings is 1. The van der Waals surface area contributed by atoms with Gasteiger partial charge in [0, 0.05) is 25.0 Å². The lowest BCUT2D eigenvalue weighted by molar-refractivity contribution is -0.128. The van der Waals surface area contributed by atoms with E-state index in [-0.39, 0.29) is 45.2 Å². The zero-order valence-corrected chi connectivity index (χ0v) is 25.2. The summed E-state index contributed by atoms with van der Waals surface area (Å²) in [4.78, 5) is 30.7. The maximum atomic E-state index is 13.7. The topological polar surface area (TPSA) is 109 Å². The Morgan fingerprint density at radius 1 is 1.15 bits per heavy atom. The molecular weight excluding hydrogens is 579 g/mol. The molecule has 1 aromatic heterocycles. The number of carboxylic acid groups (broad SMARTS) is 1. The number of nitrogens with zero attached hydrogens (tertiary/aromatic N) is 3. The van der Waals surface area contributed by atoms with Crippen molar-refractivity contribution in [1.29, 1.82) is 0 Å². The number of imidazole rings is 1. The fraction of sp³-hybridized carbons (Fsp3) is 0.464. The molecule has 3 aromatic rings. The quantitative estimate of drug-likeness (QED) is 0.263. The molecule has 0 atom stereocenters. The molecule has 1 saturated heterocycles. The van der Waals surface area contributed by atoms with Crippen molar-refractivity contribution in [1.82, 2.24) is 14.9 Å². The first-order chi connectivity index (χ1) is 19.4. The van der Waals surface area contributed by atoms with Crippen LogP contribution >= 0.6 is 23.2 Å². The van der Waals surface area contributed by atoms with Gasteiger partial charge in [0.05, 0.1) is 57.8 Å². The first-order valence-corrected chi connectivity index (χ1v) is 14.0. The molecule has 0 aliphatic carbocycles. The molecule has 1 amide bonds. The average molecular weight is 615 g/mol. The van der Waals surface area contributed by atoms with Crippen LogP contribution in [0.4, 0.5) is 26.1 Å². The minimum absolute atomic E-state index is 0.00491. The number of rotatable bonds is 8. The number of nitrogens with one attached hydrogen (secondary N) is 2. The lowest BCUT2D eigenvalue weighted by Crippen LogP contribution is -2.37. The number of carbonyl (C=O) groups excluding carboxylic acids is 1. The van der Waals surface area contributed by atoms with Crippen LogP contribution in [0.15, 0.2) is 24.3 Å². The molecule has 0 saturated carbocycles. The molecule has 4 rings (SSSR count). The Morgan fingerprint density at radius 3 is 2.39 bits per heavy atom. The Hall–Kier alpha value is -3.15. The van der Waals surface area contributed by atoms with E-state index in [0.717, 1.165) is 0 Å². The lowest BCUT2D eigenvalue weighted by atomic mass is 9.95. The van der Waals surface area contributed by atoms with Gasteiger partial charge >= 0.3 is 5.97 Å². The number of fused-ring (bicyclic) bond motifs is 1. The molecule has 224 valence electrons. The molecule has 0 bridgehead atoms. The van der Waals surface area contributed by atoms with Gasteiger partial charge in [0.1, 0.15) is 0 Å². The standard InChI is InChI=1S/C26H29Cl2F2N5O4.C2H6/c1-26(2,3)24(38)31-12-14-4-5-16(27)22(21(14)28)33-25-32-17-10-15(23(36)37)18(34-6-8-39-9-7-34)11-19(17)35(25)13-20(29)30;1-2/h4-5,10-11,20H,6-9,12-13H2,1-3H3,(H,31,38)(H,32,33)(H,36,37);1-2H3. The second kappa shape index (κ2) is 13.7. The van der Waals surface area contributed by atoms with E-state index in [1.54, 1.807) is 39.0 Å². The summed E-state index contributed by atoms with van der Waals surface area (Å²) in [5.41, 5.74) is 1.12. The van der Waals surface area contributed by atoms with E-state index in [1.165, 1.54) is 10.6 Å². The molecule has 2 heterocycles. The van der Waals surface area contributed by atoms with Crippen LogP contribution < -0.4 is 15.5 Å². The van der Waals surface area contributed by atoms with E-state index in [0.29, 0.717) is 43.1 Å². The predicted molar refractivity (Wildman–Crippen MR) is 158 cm³/mol. The molecule has 0 spiro atoms. The van der Waals surface area contributed by atoms with Crippen LogP contribution in [-0.4, -0.2) is 59.3 Å². The maximum Gasteiger partial charge on any atom is 0.337 e. The molecule has 1 aliphatic heterocycles. The Bertz CT molecular complexity index is 1400. The first kappa shape index (κ1) is 32.4. The van der Waals surface area contributed by atoms with Gasteiger partial charge in [-0.1, -0.05) is 63.9 Å². The van der Waals surface area contributed by atoms with E-state index in [4.69, 9.17) is 27.9 Å². The summed E-state index contributed by atoms with van der Waals surface area (Å²) in [6, 6.07) is 6.17. The molecule has 1 fully saturated rings. The summed E-state index contributed by atoms with van der Waals surface area (Å²) >= 11 is 13.1. The maximum absolute atomic E-state index is 13.7. The number of anilines is 3. The molecule has 2 aromatic carbocycles. The third-order valence-electron chi connectivity index (χ3n) is 6.30. The van der Waals surface area contributed by atoms with Gasteiger partial charge in [-0.25, -0.2) is 18.6 Å². The van der Waals surface area contributed by atoms with Crippen LogP contribution in [0.5, 0.6) is 0 Å². The summed E-state index contributed by atoms with van der Waals surface area (Å²) < 4.78 is 34.1. The van der Waals surface area contributed by atoms with Gasteiger partial charge in [0.25, 0.3) is 6.43 Å². The van der Waals surface area contributed by atoms with Crippen LogP contribution in [0.2, 0.25) is 10.0 Å². The van der Waals surface area contributed by atoms with Crippen molar-refractivity contribution in [2.75, 3.05) is 36.5 Å². The summed E-state index contributed by atoms with van der Waals surface area (Å²) in [6.07, 6.45) is -2.72. The van der Waals surface area contributed by atoms with Gasteiger partial charge < -0.3 is 29.9 Å². The van der Waals surface area contributed by atoms with E-state index < -0.39 is 24.4 Å². The number of ether oxygens (including phenoxy) is 1. The summed E-state index contributed by atoms with van der Waals surface area (Å²) in [5.74, 6) is -1.32. The summed E-state index contributed by atoms with van der Waals surface area (Å²) in [6.45, 7) is 10.5. The number of amides is 1. The number of halogens is 4. The SMILES string of the molecule is CC.CC(C)(C)C(=O)NCc1ccc(Cl)c(Nc2nc3cc(C(=O)O)c(N4CCOCC4)cc3n2CC(F)F)c1Cl. The van der Waals surface area contributed by atoms with Gasteiger partial charge in [-0.3, -0.25) is 4.79 Å². The Morgan fingerprint density at radius 2 is 1.80 bits per heavy atom. The monoisotopic (exact) mass is 613 g/mol. The van der Waals surface area contributed by atoms with E-state index in [9.17, 15) is 23.5 Å². The molecule has 0 unspecified atom stereocenters. The van der Waals surface area contributed by atoms with E-state index in [1.807, 2.05) is 18.7 Å². The smallest absolute Gasteiger partial charge is 0.337 e. The number of alkyl halides is 2. The van der Waals surface area contributed by atoms with Crippen LogP contribution in [0.3, 0.4) is 0 Å². The third kappa shape index (κ3) is 7.58. The van der Waals surface area contributed by atoms with Crippen LogP contribution in [0, 0.1) is 5.41 Å². The fourth-order valence-electron chi connectivity index (χ4n) is 4.21. The predicted octanol–water partition coefficient (Wildman–Crippen LogP) is 6.58. The van der Waals surface area contributed by atoms with Crippen molar-refractivity contribution in [3.8, 4) is 0 Å². The lowest BCUT2D eigenvalue weighted by Gasteiger charge is -2.30. The number of benzene rings is 2. The minimum atomic E-state index is -2.72. The highest BCUT2D eigenvalue weighted by atomic mass is 35.5. The van der Waals surface area contributed by atoms with Crippen molar-refractivity contribution in [2.24, 2.45) is 5.41 Å². The first-order valence-electron chi connectivity index (χ1n) is 13.3. The summed E-state index contributed by atoms with van der Waals surface area (Å²) in [7, 11) is 0. The van der Waals surface area contributed by atoms with E-state index in [2.05, 4.69) is 15.6 Å². The van der Waals surface area contributed by atoms with Gasteiger partial charge in [0.15, 0.2) is 0 Å². The highest BCUT2D eigenvalue weighted by Crippen LogP contribution is 2.37. The number of hydrogen-bond donors (Lipinski definition) is 3. The third-order valence-corrected chi connectivity index (χ3v) is 7.04. The highest BCUT2D eigenvalue weighted by Gasteiger charge is 2.25. The van der Waals surface area contributed by atoms with Crippen LogP contribution in [-0.2, 0) is 22.6 Å². The number of aromatic carboxylic acids is 1. The molecule has 13 heteroatoms. The van der Waals surface area contributed by atoms with Crippen molar-refractivity contribution in [2.45, 2.75) is 54.1 Å². The van der Waals surface area contributed by atoms with Crippen molar-refractivity contribution in [3.63, 3.8) is 0 Å². The fourth-order valence-corrected chi connectivity index (χ4v) is 4.75. The van der Waals surface area contributed by atoms with Gasteiger partial charge in [0.2, 0.25) is 11.9 Å². The summed E-state index contributed by atoms with van der Waals surface area (Å²) in [5, 5.41) is 16.1. The second-order valence-electron chi connectivity index (χ2n) is 10.2. The van der Waals surface area contributed by atoms with Crippen molar-refractivity contribution >= 4 is 63.4 Å². The average Bonchev–Trinajstić information content (AvgIpc) is 3.26. The highest BCUT2D eigenvalue weighted by molar-refractivity contribution is 6.39. The largest absolute Gasteiger partial charge is 0.478 e. The zero-order chi connectivity index (χ0) is 30.5. The van der Waals surface area contributed by atoms with Gasteiger partial charge in [-0.05, 0) is 23.8 Å². The number of aromatic nitrogens is 2. The minimum Gasteiger partial charge on any atom is -0.478 e. The van der Waals surface area contributed by atoms with Crippen molar-refractivity contribution in [3.05, 3.63) is 45.4 Å². The van der Waals surface area contributed by atoms with Crippen LogP contribution in [0.25, 0.3) is 11.0 Å². The second-order valence-corrected chi connectivity index (χ2v) is 10.9. The van der Waals surface area contributed by atoms with Gasteiger partial charge in [-0.2, -0.15) is 0 Å². The Balaban J connectivity index is 0.00000226. The molecule has 3 N–H and O–H groups in total. The Kier molecular flexibility index (Phi) is 10.8. The number of carbonyl (C=O) groups is 2. The molecule has 1 aliphatic rings. The normalized spacial score (nSPS) is 13.7. The number of carboxylic acids is 1. The van der Waals surface area contributed by atoms with Gasteiger partial charge in [-0.15, -0.1) is 0 Å². The molecule has 41 heavy (non-hydrogen) atoms. The molecular formula is C28H35Cl2F2N5O4. The molecule has 9 nitrogen and oxygen atoms in total. The molecule has 0 radical (unpaired) electrons. The van der Waals surface area contributed by atoms with Crippen molar-refractivity contribution < 1.29 is 28.2 Å². The Labute approximate surface area is 247 Å².